The van der Waals surface area contributed by atoms with Gasteiger partial charge in [0.1, 0.15) is 0 Å². The molecule has 1 saturated heterocycles. The first-order valence-corrected chi connectivity index (χ1v) is 6.49. The lowest BCUT2D eigenvalue weighted by atomic mass is 10.1. The van der Waals surface area contributed by atoms with Gasteiger partial charge in [-0.05, 0) is 24.7 Å². The van der Waals surface area contributed by atoms with Crippen molar-refractivity contribution in [1.82, 2.24) is 0 Å². The Bertz CT molecular complexity index is 273. The molecule has 14 heavy (non-hydrogen) atoms. The maximum Gasteiger partial charge on any atom is 0.0830 e. The Balaban J connectivity index is 1.96. The quantitative estimate of drug-likeness (QED) is 0.754. The van der Waals surface area contributed by atoms with E-state index in [0.29, 0.717) is 12.2 Å². The van der Waals surface area contributed by atoms with E-state index in [4.69, 9.17) is 4.74 Å². The van der Waals surface area contributed by atoms with Gasteiger partial charge < -0.3 is 4.74 Å². The first kappa shape index (κ1) is 10.1. The molecule has 0 unspecified atom stereocenters. The van der Waals surface area contributed by atoms with Gasteiger partial charge in [-0.25, -0.2) is 0 Å². The van der Waals surface area contributed by atoms with Crippen molar-refractivity contribution in [3.8, 4) is 0 Å². The van der Waals surface area contributed by atoms with Crippen LogP contribution in [0.25, 0.3) is 0 Å². The zero-order valence-electron chi connectivity index (χ0n) is 8.48. The van der Waals surface area contributed by atoms with E-state index in [1.807, 2.05) is 11.8 Å². The largest absolute Gasteiger partial charge is 0.369 e. The molecule has 1 heterocycles. The first-order chi connectivity index (χ1) is 6.90. The molecule has 0 radical (unpaired) electrons. The van der Waals surface area contributed by atoms with Crippen LogP contribution in [0.2, 0.25) is 0 Å². The van der Waals surface area contributed by atoms with Crippen molar-refractivity contribution in [3.63, 3.8) is 0 Å². The molecule has 0 spiro atoms. The number of hydrogen-bond donors (Lipinski definition) is 0. The summed E-state index contributed by atoms with van der Waals surface area (Å²) in [5.41, 5.74) is 1.33. The van der Waals surface area contributed by atoms with Crippen LogP contribution in [-0.4, -0.2) is 18.1 Å². The third-order valence-corrected chi connectivity index (χ3v) is 3.34. The Morgan fingerprint density at radius 2 is 2.07 bits per heavy atom. The van der Waals surface area contributed by atoms with Crippen LogP contribution < -0.4 is 0 Å². The van der Waals surface area contributed by atoms with Crippen molar-refractivity contribution in [1.29, 1.82) is 0 Å². The lowest BCUT2D eigenvalue weighted by molar-refractivity contribution is 0.0582. The Kier molecular flexibility index (Phi) is 3.49. The first-order valence-electron chi connectivity index (χ1n) is 5.09. The van der Waals surface area contributed by atoms with E-state index in [0.717, 1.165) is 5.75 Å². The Hall–Kier alpha value is -0.470. The van der Waals surface area contributed by atoms with Gasteiger partial charge in [-0.3, -0.25) is 0 Å². The van der Waals surface area contributed by atoms with Crippen LogP contribution in [0, 0.1) is 0 Å². The van der Waals surface area contributed by atoms with E-state index in [2.05, 4.69) is 36.6 Å². The summed E-state index contributed by atoms with van der Waals surface area (Å²) in [7, 11) is 0. The molecule has 76 valence electrons. The summed E-state index contributed by atoms with van der Waals surface area (Å²) < 4.78 is 5.97. The standard InChI is InChI=1S/C12H16OS/c1-14-9-11-7-8-12(13-11)10-5-3-2-4-6-10/h2-6,11-12H,7-9H2,1H3/t11-,12-/m0/s1. The van der Waals surface area contributed by atoms with Crippen LogP contribution in [-0.2, 0) is 4.74 Å². The smallest absolute Gasteiger partial charge is 0.0830 e. The van der Waals surface area contributed by atoms with E-state index in [1.54, 1.807) is 0 Å². The van der Waals surface area contributed by atoms with Crippen LogP contribution in [0.5, 0.6) is 0 Å². The minimum absolute atomic E-state index is 0.341. The van der Waals surface area contributed by atoms with E-state index >= 15 is 0 Å². The molecule has 0 aromatic heterocycles. The van der Waals surface area contributed by atoms with Gasteiger partial charge >= 0.3 is 0 Å². The average Bonchev–Trinajstić information content (AvgIpc) is 2.68. The predicted octanol–water partition coefficient (Wildman–Crippen LogP) is 3.27. The SMILES string of the molecule is CSC[C@@H]1CC[C@@H](c2ccccc2)O1. The molecule has 1 fully saturated rings. The highest BCUT2D eigenvalue weighted by molar-refractivity contribution is 7.98. The van der Waals surface area contributed by atoms with Crippen LogP contribution in [0.4, 0.5) is 0 Å². The van der Waals surface area contributed by atoms with Crippen LogP contribution in [0.1, 0.15) is 24.5 Å². The number of hydrogen-bond acceptors (Lipinski definition) is 2. The molecule has 0 amide bonds. The number of thioether (sulfide) groups is 1. The zero-order valence-corrected chi connectivity index (χ0v) is 9.30. The minimum atomic E-state index is 0.341. The lowest BCUT2D eigenvalue weighted by Crippen LogP contribution is -2.08. The van der Waals surface area contributed by atoms with Gasteiger partial charge in [-0.1, -0.05) is 30.3 Å². The summed E-state index contributed by atoms with van der Waals surface area (Å²) in [6.45, 7) is 0. The highest BCUT2D eigenvalue weighted by atomic mass is 32.2. The molecule has 2 atom stereocenters. The Morgan fingerprint density at radius 1 is 1.29 bits per heavy atom. The molecule has 1 aliphatic rings. The summed E-state index contributed by atoms with van der Waals surface area (Å²) in [6, 6.07) is 10.5. The number of ether oxygens (including phenoxy) is 1. The van der Waals surface area contributed by atoms with Crippen molar-refractivity contribution in [2.75, 3.05) is 12.0 Å². The van der Waals surface area contributed by atoms with E-state index in [-0.39, 0.29) is 0 Å². The van der Waals surface area contributed by atoms with Crippen molar-refractivity contribution in [3.05, 3.63) is 35.9 Å². The normalized spacial score (nSPS) is 26.6. The topological polar surface area (TPSA) is 9.23 Å². The molecular formula is C12H16OS. The maximum atomic E-state index is 5.97. The van der Waals surface area contributed by atoms with Crippen molar-refractivity contribution < 1.29 is 4.74 Å². The molecule has 1 aromatic carbocycles. The third-order valence-electron chi connectivity index (χ3n) is 2.63. The highest BCUT2D eigenvalue weighted by Gasteiger charge is 2.25. The van der Waals surface area contributed by atoms with Crippen molar-refractivity contribution in [2.45, 2.75) is 25.0 Å². The summed E-state index contributed by atoms with van der Waals surface area (Å²) in [4.78, 5) is 0. The summed E-state index contributed by atoms with van der Waals surface area (Å²) in [5.74, 6) is 1.13. The fraction of sp³-hybridized carbons (Fsp3) is 0.500. The average molecular weight is 208 g/mol. The van der Waals surface area contributed by atoms with Gasteiger partial charge in [-0.2, -0.15) is 11.8 Å². The molecule has 0 aliphatic carbocycles. The van der Waals surface area contributed by atoms with Crippen molar-refractivity contribution >= 4 is 11.8 Å². The summed E-state index contributed by atoms with van der Waals surface area (Å²) >= 11 is 1.87. The third kappa shape index (κ3) is 2.31. The summed E-state index contributed by atoms with van der Waals surface area (Å²) in [6.07, 6.45) is 5.33. The molecule has 1 aromatic rings. The Morgan fingerprint density at radius 3 is 2.79 bits per heavy atom. The molecule has 0 N–H and O–H groups in total. The molecule has 1 nitrogen and oxygen atoms in total. The van der Waals surface area contributed by atoms with Gasteiger partial charge in [0.15, 0.2) is 0 Å². The van der Waals surface area contributed by atoms with E-state index in [9.17, 15) is 0 Å². The van der Waals surface area contributed by atoms with E-state index in [1.165, 1.54) is 18.4 Å². The van der Waals surface area contributed by atoms with Crippen LogP contribution >= 0.6 is 11.8 Å². The van der Waals surface area contributed by atoms with Gasteiger partial charge in [-0.15, -0.1) is 0 Å². The second kappa shape index (κ2) is 4.85. The van der Waals surface area contributed by atoms with Gasteiger partial charge in [0.2, 0.25) is 0 Å². The van der Waals surface area contributed by atoms with Gasteiger partial charge in [0, 0.05) is 5.75 Å². The Labute approximate surface area is 89.9 Å². The molecule has 2 heteroatoms. The van der Waals surface area contributed by atoms with Gasteiger partial charge in [0.25, 0.3) is 0 Å². The highest BCUT2D eigenvalue weighted by Crippen LogP contribution is 2.33. The monoisotopic (exact) mass is 208 g/mol. The molecule has 1 aliphatic heterocycles. The fourth-order valence-electron chi connectivity index (χ4n) is 1.93. The van der Waals surface area contributed by atoms with Crippen LogP contribution in [0.3, 0.4) is 0 Å². The van der Waals surface area contributed by atoms with Crippen LogP contribution in [0.15, 0.2) is 30.3 Å². The molecular weight excluding hydrogens is 192 g/mol. The van der Waals surface area contributed by atoms with E-state index < -0.39 is 0 Å². The molecule has 2 rings (SSSR count). The number of benzene rings is 1. The molecule has 0 bridgehead atoms. The fourth-order valence-corrected chi connectivity index (χ4v) is 2.54. The number of rotatable bonds is 3. The predicted molar refractivity (Wildman–Crippen MR) is 61.7 cm³/mol. The lowest BCUT2D eigenvalue weighted by Gasteiger charge is -2.12. The second-order valence-electron chi connectivity index (χ2n) is 3.69. The minimum Gasteiger partial charge on any atom is -0.369 e. The second-order valence-corrected chi connectivity index (χ2v) is 4.60. The van der Waals surface area contributed by atoms with Gasteiger partial charge in [0.05, 0.1) is 12.2 Å². The summed E-state index contributed by atoms with van der Waals surface area (Å²) in [5, 5.41) is 0. The van der Waals surface area contributed by atoms with Crippen molar-refractivity contribution in [2.24, 2.45) is 0 Å². The molecule has 0 saturated carbocycles. The zero-order chi connectivity index (χ0) is 9.80. The maximum absolute atomic E-state index is 5.97.